The van der Waals surface area contributed by atoms with E-state index >= 15 is 0 Å². The van der Waals surface area contributed by atoms with Gasteiger partial charge in [-0.2, -0.15) is 0 Å². The number of phenolic OH excluding ortho intramolecular Hbond substituents is 1. The van der Waals surface area contributed by atoms with E-state index < -0.39 is 6.03 Å². The number of ether oxygens (including phenoxy) is 1. The number of phenols is 1. The topological polar surface area (TPSA) is 101 Å². The number of carbonyl (C=O) groups is 1. The molecule has 2 aromatic carbocycles. The minimum atomic E-state index is -0.902. The number of nitrogens with two attached hydrogens (primary N) is 1. The number of amides is 2. The van der Waals surface area contributed by atoms with Crippen LogP contribution >= 0.6 is 0 Å². The molecule has 1 aliphatic heterocycles. The predicted molar refractivity (Wildman–Crippen MR) is 82.7 cm³/mol. The van der Waals surface area contributed by atoms with Gasteiger partial charge in [-0.05, 0) is 6.07 Å². The zero-order chi connectivity index (χ0) is 15.5. The Balaban J connectivity index is 2.16. The molecule has 1 fully saturated rings. The Morgan fingerprint density at radius 1 is 1.23 bits per heavy atom. The van der Waals surface area contributed by atoms with Gasteiger partial charge in [0.1, 0.15) is 5.69 Å². The van der Waals surface area contributed by atoms with Crippen molar-refractivity contribution in [2.24, 2.45) is 16.0 Å². The number of primary amides is 1. The van der Waals surface area contributed by atoms with Gasteiger partial charge in [-0.15, -0.1) is 5.11 Å². The minimum Gasteiger partial charge on any atom is -0.505 e. The lowest BCUT2D eigenvalue weighted by atomic mass is 10.1. The molecule has 0 unspecified atom stereocenters. The molecular formula is C15H16N4O3. The number of hydrogen-bond acceptors (Lipinski definition) is 5. The Kier molecular flexibility index (Phi) is 3.88. The maximum atomic E-state index is 10.8. The summed E-state index contributed by atoms with van der Waals surface area (Å²) in [5, 5.41) is 19.0. The molecule has 3 rings (SSSR count). The number of urea groups is 1. The lowest BCUT2D eigenvalue weighted by Crippen LogP contribution is -2.36. The fraction of sp³-hybridized carbons (Fsp3) is 0.267. The average Bonchev–Trinajstić information content (AvgIpc) is 2.55. The fourth-order valence-electron chi connectivity index (χ4n) is 2.57. The number of morpholine rings is 1. The van der Waals surface area contributed by atoms with Crippen LogP contribution in [0.1, 0.15) is 0 Å². The molecule has 7 nitrogen and oxygen atoms in total. The molecule has 0 saturated carbocycles. The Labute approximate surface area is 127 Å². The first kappa shape index (κ1) is 14.3. The van der Waals surface area contributed by atoms with E-state index in [1.807, 2.05) is 18.2 Å². The average molecular weight is 300 g/mol. The van der Waals surface area contributed by atoms with Gasteiger partial charge in [0.2, 0.25) is 0 Å². The molecule has 3 N–H and O–H groups in total. The summed E-state index contributed by atoms with van der Waals surface area (Å²) in [5.41, 5.74) is 6.12. The maximum Gasteiger partial charge on any atom is 0.356 e. The molecule has 1 aliphatic rings. The van der Waals surface area contributed by atoms with Crippen molar-refractivity contribution in [2.75, 3.05) is 31.2 Å². The highest BCUT2D eigenvalue weighted by Crippen LogP contribution is 2.41. The standard InChI is InChI=1S/C15H16N4O3/c16-15(21)18-17-12-9-13(19-5-7-22-8-6-19)10-3-1-2-4-11(10)14(12)20/h1-4,9,20H,5-8H2,(H2,16,21)/b18-17+. The molecule has 0 aromatic heterocycles. The van der Waals surface area contributed by atoms with Gasteiger partial charge in [0.25, 0.3) is 0 Å². The first-order valence-corrected chi connectivity index (χ1v) is 6.95. The fourth-order valence-corrected chi connectivity index (χ4v) is 2.57. The molecule has 0 bridgehead atoms. The van der Waals surface area contributed by atoms with E-state index in [-0.39, 0.29) is 11.4 Å². The summed E-state index contributed by atoms with van der Waals surface area (Å²) < 4.78 is 5.37. The summed E-state index contributed by atoms with van der Waals surface area (Å²) in [6.45, 7) is 2.79. The van der Waals surface area contributed by atoms with Crippen LogP contribution in [0.25, 0.3) is 10.8 Å². The molecular weight excluding hydrogens is 284 g/mol. The van der Waals surface area contributed by atoms with Gasteiger partial charge in [-0.3, -0.25) is 0 Å². The number of nitrogens with zero attached hydrogens (tertiary/aromatic N) is 3. The largest absolute Gasteiger partial charge is 0.505 e. The van der Waals surface area contributed by atoms with E-state index in [1.165, 1.54) is 0 Å². The Morgan fingerprint density at radius 3 is 2.59 bits per heavy atom. The van der Waals surface area contributed by atoms with Gasteiger partial charge in [0.15, 0.2) is 5.75 Å². The third-order valence-electron chi connectivity index (χ3n) is 3.58. The van der Waals surface area contributed by atoms with Gasteiger partial charge in [0.05, 0.1) is 13.2 Å². The third kappa shape index (κ3) is 2.71. The molecule has 114 valence electrons. The van der Waals surface area contributed by atoms with Gasteiger partial charge in [0, 0.05) is 29.5 Å². The van der Waals surface area contributed by atoms with Gasteiger partial charge in [-0.1, -0.05) is 29.4 Å². The molecule has 2 amide bonds. The predicted octanol–water partition coefficient (Wildman–Crippen LogP) is 2.54. The summed E-state index contributed by atoms with van der Waals surface area (Å²) in [6.07, 6.45) is 0. The first-order chi connectivity index (χ1) is 10.7. The van der Waals surface area contributed by atoms with Gasteiger partial charge < -0.3 is 20.5 Å². The molecule has 0 radical (unpaired) electrons. The van der Waals surface area contributed by atoms with Crippen molar-refractivity contribution in [3.05, 3.63) is 30.3 Å². The number of azo groups is 1. The van der Waals surface area contributed by atoms with Gasteiger partial charge >= 0.3 is 6.03 Å². The molecule has 0 aliphatic carbocycles. The summed E-state index contributed by atoms with van der Waals surface area (Å²) in [5.74, 6) is -0.0161. The van der Waals surface area contributed by atoms with Gasteiger partial charge in [-0.25, -0.2) is 4.79 Å². The van der Waals surface area contributed by atoms with E-state index in [4.69, 9.17) is 10.5 Å². The molecule has 0 spiro atoms. The van der Waals surface area contributed by atoms with Crippen LogP contribution in [-0.4, -0.2) is 37.4 Å². The van der Waals surface area contributed by atoms with Crippen LogP contribution in [0.2, 0.25) is 0 Å². The summed E-state index contributed by atoms with van der Waals surface area (Å²) in [4.78, 5) is 12.9. The van der Waals surface area contributed by atoms with E-state index in [0.29, 0.717) is 18.6 Å². The van der Waals surface area contributed by atoms with Crippen LogP contribution in [0.5, 0.6) is 5.75 Å². The highest BCUT2D eigenvalue weighted by molar-refractivity contribution is 6.01. The van der Waals surface area contributed by atoms with Crippen molar-refractivity contribution in [1.82, 2.24) is 0 Å². The molecule has 1 heterocycles. The first-order valence-electron chi connectivity index (χ1n) is 6.95. The molecule has 7 heteroatoms. The summed E-state index contributed by atoms with van der Waals surface area (Å²) >= 11 is 0. The SMILES string of the molecule is NC(=O)/N=N/c1cc(N2CCOCC2)c2ccccc2c1O. The van der Waals surface area contributed by atoms with Crippen LogP contribution in [-0.2, 0) is 4.74 Å². The quantitative estimate of drug-likeness (QED) is 0.832. The van der Waals surface area contributed by atoms with Crippen molar-refractivity contribution in [3.63, 3.8) is 0 Å². The van der Waals surface area contributed by atoms with E-state index in [9.17, 15) is 9.90 Å². The lowest BCUT2D eigenvalue weighted by Gasteiger charge is -2.30. The van der Waals surface area contributed by atoms with E-state index in [0.717, 1.165) is 24.2 Å². The van der Waals surface area contributed by atoms with E-state index in [1.54, 1.807) is 12.1 Å². The van der Waals surface area contributed by atoms with Crippen molar-refractivity contribution in [3.8, 4) is 5.75 Å². The second kappa shape index (κ2) is 5.98. The van der Waals surface area contributed by atoms with Crippen molar-refractivity contribution in [2.45, 2.75) is 0 Å². The van der Waals surface area contributed by atoms with Crippen molar-refractivity contribution >= 4 is 28.2 Å². The van der Waals surface area contributed by atoms with Crippen LogP contribution < -0.4 is 10.6 Å². The zero-order valence-electron chi connectivity index (χ0n) is 11.9. The Bertz CT molecular complexity index is 739. The number of carbonyl (C=O) groups excluding carboxylic acids is 1. The molecule has 0 atom stereocenters. The normalized spacial score (nSPS) is 15.5. The Morgan fingerprint density at radius 2 is 1.91 bits per heavy atom. The number of aromatic hydroxyl groups is 1. The Hall–Kier alpha value is -2.67. The minimum absolute atomic E-state index is 0.0161. The molecule has 22 heavy (non-hydrogen) atoms. The third-order valence-corrected chi connectivity index (χ3v) is 3.58. The monoisotopic (exact) mass is 300 g/mol. The zero-order valence-corrected chi connectivity index (χ0v) is 11.9. The smallest absolute Gasteiger partial charge is 0.356 e. The lowest BCUT2D eigenvalue weighted by molar-refractivity contribution is 0.123. The van der Waals surface area contributed by atoms with Crippen LogP contribution in [0, 0.1) is 0 Å². The second-order valence-electron chi connectivity index (χ2n) is 4.95. The summed E-state index contributed by atoms with van der Waals surface area (Å²) in [6, 6.07) is 8.30. The van der Waals surface area contributed by atoms with Crippen molar-refractivity contribution < 1.29 is 14.6 Å². The summed E-state index contributed by atoms with van der Waals surface area (Å²) in [7, 11) is 0. The molecule has 2 aromatic rings. The highest BCUT2D eigenvalue weighted by Gasteiger charge is 2.18. The van der Waals surface area contributed by atoms with Crippen LogP contribution in [0.3, 0.4) is 0 Å². The van der Waals surface area contributed by atoms with Crippen molar-refractivity contribution in [1.29, 1.82) is 0 Å². The number of rotatable bonds is 2. The van der Waals surface area contributed by atoms with E-state index in [2.05, 4.69) is 15.1 Å². The second-order valence-corrected chi connectivity index (χ2v) is 4.95. The number of benzene rings is 2. The number of anilines is 1. The number of fused-ring (bicyclic) bond motifs is 1. The highest BCUT2D eigenvalue weighted by atomic mass is 16.5. The van der Waals surface area contributed by atoms with Crippen LogP contribution in [0.15, 0.2) is 40.6 Å². The van der Waals surface area contributed by atoms with Crippen LogP contribution in [0.4, 0.5) is 16.2 Å². The molecule has 1 saturated heterocycles. The number of hydrogen-bond donors (Lipinski definition) is 2. The maximum absolute atomic E-state index is 10.8.